The van der Waals surface area contributed by atoms with Crippen molar-refractivity contribution in [3.63, 3.8) is 0 Å². The van der Waals surface area contributed by atoms with Gasteiger partial charge in [-0.25, -0.2) is 19.3 Å². The number of alkyl halides is 3. The van der Waals surface area contributed by atoms with Gasteiger partial charge in [0, 0.05) is 31.4 Å². The summed E-state index contributed by atoms with van der Waals surface area (Å²) in [5, 5.41) is 2.93. The summed E-state index contributed by atoms with van der Waals surface area (Å²) in [5.41, 5.74) is -1.25. The molecule has 138 valence electrons. The summed E-state index contributed by atoms with van der Waals surface area (Å²) in [6, 6.07) is 3.27. The Morgan fingerprint density at radius 1 is 1.19 bits per heavy atom. The highest BCUT2D eigenvalue weighted by molar-refractivity contribution is 5.92. The second-order valence-corrected chi connectivity index (χ2v) is 5.83. The Kier molecular flexibility index (Phi) is 5.01. The first-order valence-electron chi connectivity index (χ1n) is 7.90. The predicted molar refractivity (Wildman–Crippen MR) is 83.8 cm³/mol. The molecule has 0 atom stereocenters. The van der Waals surface area contributed by atoms with E-state index in [-0.39, 0.29) is 17.6 Å². The fraction of sp³-hybridized carbons (Fsp3) is 0.375. The Morgan fingerprint density at radius 2 is 1.92 bits per heavy atom. The Hall–Kier alpha value is -2.78. The van der Waals surface area contributed by atoms with Gasteiger partial charge in [0.05, 0.1) is 0 Å². The summed E-state index contributed by atoms with van der Waals surface area (Å²) in [5.74, 6) is -1.10. The lowest BCUT2D eigenvalue weighted by Gasteiger charge is -2.32. The van der Waals surface area contributed by atoms with Gasteiger partial charge < -0.3 is 10.2 Å². The molecule has 0 bridgehead atoms. The molecule has 1 fully saturated rings. The zero-order valence-corrected chi connectivity index (χ0v) is 13.5. The fourth-order valence-electron chi connectivity index (χ4n) is 2.72. The lowest BCUT2D eigenvalue weighted by atomic mass is 10.0. The van der Waals surface area contributed by atoms with E-state index >= 15 is 0 Å². The number of likely N-dealkylation sites (tertiary alicyclic amines) is 1. The lowest BCUT2D eigenvalue weighted by Crippen LogP contribution is -2.43. The second-order valence-electron chi connectivity index (χ2n) is 5.83. The van der Waals surface area contributed by atoms with E-state index in [1.807, 2.05) is 0 Å². The highest BCUT2D eigenvalue weighted by atomic mass is 19.4. The molecule has 0 radical (unpaired) electrons. The van der Waals surface area contributed by atoms with Crippen LogP contribution in [0.15, 0.2) is 30.7 Å². The molecule has 3 heterocycles. The van der Waals surface area contributed by atoms with Crippen LogP contribution in [0, 0.1) is 5.82 Å². The van der Waals surface area contributed by atoms with Gasteiger partial charge in [-0.15, -0.1) is 0 Å². The summed E-state index contributed by atoms with van der Waals surface area (Å²) in [7, 11) is 0. The highest BCUT2D eigenvalue weighted by Crippen LogP contribution is 2.28. The van der Waals surface area contributed by atoms with E-state index in [0.717, 1.165) is 12.4 Å². The minimum Gasteiger partial charge on any atom is -0.367 e. The van der Waals surface area contributed by atoms with Crippen molar-refractivity contribution in [1.29, 1.82) is 0 Å². The van der Waals surface area contributed by atoms with Crippen molar-refractivity contribution in [3.05, 3.63) is 47.9 Å². The normalized spacial score (nSPS) is 15.8. The first-order valence-corrected chi connectivity index (χ1v) is 7.90. The van der Waals surface area contributed by atoms with Crippen molar-refractivity contribution in [3.8, 4) is 0 Å². The largest absolute Gasteiger partial charge is 0.433 e. The standard InChI is InChI=1S/C16H15F4N5O/c17-11-2-1-5-21-14(11)15(26)25-6-3-10(4-7-25)24-13-8-12(16(18,19)20)22-9-23-13/h1-2,5,8-10H,3-4,6-7H2,(H,22,23,24). The van der Waals surface area contributed by atoms with E-state index in [1.165, 1.54) is 23.2 Å². The number of hydrogen-bond acceptors (Lipinski definition) is 5. The van der Waals surface area contributed by atoms with Crippen LogP contribution in [0.25, 0.3) is 0 Å². The molecule has 0 aromatic carbocycles. The van der Waals surface area contributed by atoms with Crippen LogP contribution in [-0.4, -0.2) is 44.9 Å². The van der Waals surface area contributed by atoms with Gasteiger partial charge >= 0.3 is 6.18 Å². The topological polar surface area (TPSA) is 71.0 Å². The number of nitrogens with one attached hydrogen (secondary N) is 1. The molecule has 0 spiro atoms. The van der Waals surface area contributed by atoms with Gasteiger partial charge in [0.25, 0.3) is 5.91 Å². The van der Waals surface area contributed by atoms with Crippen molar-refractivity contribution >= 4 is 11.7 Å². The molecule has 1 saturated heterocycles. The van der Waals surface area contributed by atoms with Gasteiger partial charge in [0.15, 0.2) is 11.5 Å². The van der Waals surface area contributed by atoms with Gasteiger partial charge in [0.1, 0.15) is 17.8 Å². The van der Waals surface area contributed by atoms with Gasteiger partial charge in [-0.2, -0.15) is 13.2 Å². The zero-order valence-electron chi connectivity index (χ0n) is 13.5. The van der Waals surface area contributed by atoms with Crippen LogP contribution in [0.1, 0.15) is 29.0 Å². The van der Waals surface area contributed by atoms with Gasteiger partial charge in [0.2, 0.25) is 0 Å². The maximum absolute atomic E-state index is 13.7. The SMILES string of the molecule is O=C(c1ncccc1F)N1CCC(Nc2cc(C(F)(F)F)ncn2)CC1. The summed E-state index contributed by atoms with van der Waals surface area (Å²) >= 11 is 0. The lowest BCUT2D eigenvalue weighted by molar-refractivity contribution is -0.141. The molecule has 0 saturated carbocycles. The number of amides is 1. The number of aromatic nitrogens is 3. The summed E-state index contributed by atoms with van der Waals surface area (Å²) in [6.45, 7) is 0.674. The second kappa shape index (κ2) is 7.22. The van der Waals surface area contributed by atoms with Crippen molar-refractivity contribution in [2.24, 2.45) is 0 Å². The van der Waals surface area contributed by atoms with Crippen LogP contribution >= 0.6 is 0 Å². The number of pyridine rings is 1. The molecule has 0 unspecified atom stereocenters. The van der Waals surface area contributed by atoms with Crippen LogP contribution in [0.4, 0.5) is 23.4 Å². The minimum absolute atomic E-state index is 0.0767. The molecule has 0 aliphatic carbocycles. The first-order chi connectivity index (χ1) is 12.3. The van der Waals surface area contributed by atoms with Crippen LogP contribution in [-0.2, 0) is 6.18 Å². The van der Waals surface area contributed by atoms with E-state index in [0.29, 0.717) is 25.9 Å². The molecule has 6 nitrogen and oxygen atoms in total. The molecule has 2 aromatic heterocycles. The Labute approximate surface area is 146 Å². The van der Waals surface area contributed by atoms with Crippen molar-refractivity contribution in [2.45, 2.75) is 25.1 Å². The van der Waals surface area contributed by atoms with E-state index < -0.39 is 23.6 Å². The number of anilines is 1. The zero-order chi connectivity index (χ0) is 18.7. The van der Waals surface area contributed by atoms with Gasteiger partial charge in [-0.1, -0.05) is 0 Å². The monoisotopic (exact) mass is 369 g/mol. The third kappa shape index (κ3) is 4.06. The van der Waals surface area contributed by atoms with Crippen LogP contribution in [0.3, 0.4) is 0 Å². The number of halogens is 4. The fourth-order valence-corrected chi connectivity index (χ4v) is 2.72. The average Bonchev–Trinajstić information content (AvgIpc) is 2.62. The van der Waals surface area contributed by atoms with Gasteiger partial charge in [-0.05, 0) is 25.0 Å². The third-order valence-corrected chi connectivity index (χ3v) is 4.05. The highest BCUT2D eigenvalue weighted by Gasteiger charge is 2.33. The molecule has 3 rings (SSSR count). The smallest absolute Gasteiger partial charge is 0.367 e. The third-order valence-electron chi connectivity index (χ3n) is 4.05. The van der Waals surface area contributed by atoms with Crippen molar-refractivity contribution in [2.75, 3.05) is 18.4 Å². The molecule has 1 N–H and O–H groups in total. The Morgan fingerprint density at radius 3 is 2.58 bits per heavy atom. The van der Waals surface area contributed by atoms with Crippen LogP contribution in [0.2, 0.25) is 0 Å². The van der Waals surface area contributed by atoms with Crippen LogP contribution in [0.5, 0.6) is 0 Å². The molecule has 1 aliphatic heterocycles. The van der Waals surface area contributed by atoms with E-state index in [2.05, 4.69) is 20.3 Å². The van der Waals surface area contributed by atoms with Gasteiger partial charge in [-0.3, -0.25) is 4.79 Å². The molecular weight excluding hydrogens is 354 g/mol. The summed E-state index contributed by atoms with van der Waals surface area (Å²) in [4.78, 5) is 24.5. The number of nitrogens with zero attached hydrogens (tertiary/aromatic N) is 4. The van der Waals surface area contributed by atoms with E-state index in [9.17, 15) is 22.4 Å². The molecule has 10 heteroatoms. The minimum atomic E-state index is -4.54. The van der Waals surface area contributed by atoms with Crippen molar-refractivity contribution in [1.82, 2.24) is 19.9 Å². The average molecular weight is 369 g/mol. The number of carbonyl (C=O) groups excluding carboxylic acids is 1. The molecule has 2 aromatic rings. The summed E-state index contributed by atoms with van der Waals surface area (Å²) < 4.78 is 51.7. The predicted octanol–water partition coefficient (Wildman–Crippen LogP) is 2.75. The number of rotatable bonds is 3. The Balaban J connectivity index is 1.59. The maximum Gasteiger partial charge on any atom is 0.433 e. The first kappa shape index (κ1) is 18.0. The molecule has 26 heavy (non-hydrogen) atoms. The van der Waals surface area contributed by atoms with Crippen molar-refractivity contribution < 1.29 is 22.4 Å². The number of carbonyl (C=O) groups is 1. The molecule has 1 amide bonds. The number of piperidine rings is 1. The molecule has 1 aliphatic rings. The van der Waals surface area contributed by atoms with Crippen LogP contribution < -0.4 is 5.32 Å². The summed E-state index contributed by atoms with van der Waals surface area (Å²) in [6.07, 6.45) is -1.36. The molecular formula is C16H15F4N5O. The Bertz CT molecular complexity index is 790. The number of hydrogen-bond donors (Lipinski definition) is 1. The van der Waals surface area contributed by atoms with E-state index in [4.69, 9.17) is 0 Å². The maximum atomic E-state index is 13.7. The quantitative estimate of drug-likeness (QED) is 0.843. The van der Waals surface area contributed by atoms with E-state index in [1.54, 1.807) is 0 Å².